The molecular weight excluding hydrogens is 434 g/mol. The van der Waals surface area contributed by atoms with E-state index in [0.29, 0.717) is 17.1 Å². The van der Waals surface area contributed by atoms with E-state index >= 15 is 0 Å². The predicted molar refractivity (Wildman–Crippen MR) is 121 cm³/mol. The van der Waals surface area contributed by atoms with Crippen molar-refractivity contribution in [3.05, 3.63) is 72.1 Å². The first-order valence-corrected chi connectivity index (χ1v) is 11.7. The molecule has 2 aromatic carbocycles. The van der Waals surface area contributed by atoms with Gasteiger partial charge in [0, 0.05) is 19.3 Å². The van der Waals surface area contributed by atoms with Crippen molar-refractivity contribution in [2.75, 3.05) is 29.4 Å². The van der Waals surface area contributed by atoms with Crippen LogP contribution in [0.3, 0.4) is 0 Å². The number of nitriles is 1. The van der Waals surface area contributed by atoms with E-state index in [1.165, 1.54) is 16.3 Å². The number of benzene rings is 2. The van der Waals surface area contributed by atoms with Crippen LogP contribution in [0.15, 0.2) is 76.3 Å². The van der Waals surface area contributed by atoms with E-state index in [9.17, 15) is 13.2 Å². The number of thiophene rings is 1. The third-order valence-corrected chi connectivity index (χ3v) is 7.65. The number of nitrogens with zero attached hydrogens (tertiary/aromatic N) is 3. The Kier molecular flexibility index (Phi) is 7.28. The molecule has 0 aliphatic heterocycles. The number of amides is 1. The number of carbonyl (C=O) groups is 1. The first-order chi connectivity index (χ1) is 14.9. The largest absolute Gasteiger partial charge is 0.484 e. The highest BCUT2D eigenvalue weighted by atomic mass is 32.2. The van der Waals surface area contributed by atoms with Crippen LogP contribution < -0.4 is 13.9 Å². The van der Waals surface area contributed by atoms with E-state index < -0.39 is 10.0 Å². The maximum Gasteiger partial charge on any atom is 0.273 e. The quantitative estimate of drug-likeness (QED) is 0.488. The molecule has 31 heavy (non-hydrogen) atoms. The summed E-state index contributed by atoms with van der Waals surface area (Å²) in [4.78, 5) is 14.2. The predicted octanol–water partition coefficient (Wildman–Crippen LogP) is 3.90. The lowest BCUT2D eigenvalue weighted by atomic mass is 10.2. The smallest absolute Gasteiger partial charge is 0.273 e. The molecule has 1 amide bonds. The lowest BCUT2D eigenvalue weighted by Crippen LogP contribution is -2.35. The lowest BCUT2D eigenvalue weighted by Gasteiger charge is -2.22. The van der Waals surface area contributed by atoms with Crippen molar-refractivity contribution in [2.45, 2.75) is 10.6 Å². The molecule has 0 aliphatic carbocycles. The second-order valence-electron chi connectivity index (χ2n) is 6.48. The van der Waals surface area contributed by atoms with Crippen molar-refractivity contribution in [3.8, 4) is 11.8 Å². The van der Waals surface area contributed by atoms with Gasteiger partial charge < -0.3 is 9.64 Å². The molecule has 0 saturated heterocycles. The van der Waals surface area contributed by atoms with Gasteiger partial charge in [0.1, 0.15) is 9.96 Å². The summed E-state index contributed by atoms with van der Waals surface area (Å²) in [6.45, 7) is 0.0655. The zero-order valence-corrected chi connectivity index (χ0v) is 18.5. The van der Waals surface area contributed by atoms with Gasteiger partial charge in [0.25, 0.3) is 15.9 Å². The normalized spacial score (nSPS) is 10.8. The van der Waals surface area contributed by atoms with Crippen molar-refractivity contribution in [1.29, 1.82) is 5.26 Å². The maximum absolute atomic E-state index is 12.7. The number of anilines is 2. The highest BCUT2D eigenvalue weighted by Gasteiger charge is 2.22. The van der Waals surface area contributed by atoms with Gasteiger partial charge in [-0.25, -0.2) is 8.42 Å². The molecule has 0 spiro atoms. The Morgan fingerprint density at radius 1 is 1.03 bits per heavy atom. The van der Waals surface area contributed by atoms with Crippen molar-refractivity contribution in [1.82, 2.24) is 0 Å². The molecular formula is C22H21N3O4S2. The monoisotopic (exact) mass is 455 g/mol. The molecule has 9 heteroatoms. The Bertz CT molecular complexity index is 1140. The maximum atomic E-state index is 12.7. The first kappa shape index (κ1) is 22.3. The van der Waals surface area contributed by atoms with Gasteiger partial charge in [0.2, 0.25) is 0 Å². The molecule has 7 nitrogen and oxygen atoms in total. The highest BCUT2D eigenvalue weighted by molar-refractivity contribution is 7.94. The van der Waals surface area contributed by atoms with E-state index in [0.717, 1.165) is 11.3 Å². The summed E-state index contributed by atoms with van der Waals surface area (Å²) in [6.07, 6.45) is 0.209. The zero-order chi connectivity index (χ0) is 22.3. The Hall–Kier alpha value is -3.35. The van der Waals surface area contributed by atoms with E-state index in [1.807, 2.05) is 24.3 Å². The summed E-state index contributed by atoms with van der Waals surface area (Å²) in [5.41, 5.74) is 1.18. The van der Waals surface area contributed by atoms with Crippen molar-refractivity contribution >= 4 is 38.6 Å². The van der Waals surface area contributed by atoms with Crippen LogP contribution in [0.5, 0.6) is 5.75 Å². The number of ether oxygens (including phenoxy) is 1. The summed E-state index contributed by atoms with van der Waals surface area (Å²) < 4.78 is 32.3. The molecule has 0 aliphatic rings. The Morgan fingerprint density at radius 2 is 1.74 bits per heavy atom. The van der Waals surface area contributed by atoms with Gasteiger partial charge in [-0.1, -0.05) is 24.3 Å². The standard InChI is InChI=1S/C22H21N3O4S2/c1-24(31(27,28)22-9-5-16-30-22)18-10-12-20(13-11-18)29-17-21(26)25(15-6-14-23)19-7-3-2-4-8-19/h2-5,7-13,16H,6,15,17H2,1H3. The molecule has 0 unspecified atom stereocenters. The molecule has 0 atom stereocenters. The average Bonchev–Trinajstić information content (AvgIpc) is 3.34. The number of hydrogen-bond donors (Lipinski definition) is 0. The molecule has 0 bridgehead atoms. The number of rotatable bonds is 9. The molecule has 0 fully saturated rings. The molecule has 160 valence electrons. The number of carbonyl (C=O) groups excluding carboxylic acids is 1. The van der Waals surface area contributed by atoms with Gasteiger partial charge in [-0.15, -0.1) is 11.3 Å². The summed E-state index contributed by atoms with van der Waals surface area (Å²) in [7, 11) is -2.13. The SMILES string of the molecule is CN(c1ccc(OCC(=O)N(CCC#N)c2ccccc2)cc1)S(=O)(=O)c1cccs1. The Morgan fingerprint density at radius 3 is 2.35 bits per heavy atom. The van der Waals surface area contributed by atoms with Crippen LogP contribution in [-0.2, 0) is 14.8 Å². The van der Waals surface area contributed by atoms with Crippen LogP contribution in [0.1, 0.15) is 6.42 Å². The summed E-state index contributed by atoms with van der Waals surface area (Å²) in [5.74, 6) is 0.162. The molecule has 1 aromatic heterocycles. The fourth-order valence-corrected chi connectivity index (χ4v) is 5.18. The lowest BCUT2D eigenvalue weighted by molar-refractivity contribution is -0.120. The summed E-state index contributed by atoms with van der Waals surface area (Å²) >= 11 is 1.16. The first-order valence-electron chi connectivity index (χ1n) is 9.41. The van der Waals surface area contributed by atoms with Crippen LogP contribution in [0.4, 0.5) is 11.4 Å². The summed E-state index contributed by atoms with van der Waals surface area (Å²) in [6, 6.07) is 20.9. The molecule has 3 rings (SSSR count). The van der Waals surface area contributed by atoms with Crippen molar-refractivity contribution < 1.29 is 17.9 Å². The van der Waals surface area contributed by atoms with E-state index in [2.05, 4.69) is 0 Å². The van der Waals surface area contributed by atoms with Crippen LogP contribution in [0, 0.1) is 11.3 Å². The van der Waals surface area contributed by atoms with Gasteiger partial charge in [0.05, 0.1) is 18.2 Å². The van der Waals surface area contributed by atoms with Gasteiger partial charge in [-0.2, -0.15) is 5.26 Å². The van der Waals surface area contributed by atoms with Crippen LogP contribution in [0.25, 0.3) is 0 Å². The second kappa shape index (κ2) is 10.1. The van der Waals surface area contributed by atoms with E-state index in [1.54, 1.807) is 53.9 Å². The average molecular weight is 456 g/mol. The highest BCUT2D eigenvalue weighted by Crippen LogP contribution is 2.26. The molecule has 3 aromatic rings. The Balaban J connectivity index is 1.65. The van der Waals surface area contributed by atoms with Crippen LogP contribution >= 0.6 is 11.3 Å². The molecule has 0 radical (unpaired) electrons. The minimum absolute atomic E-state index is 0.205. The number of para-hydroxylation sites is 1. The fourth-order valence-electron chi connectivity index (χ4n) is 2.83. The molecule has 1 heterocycles. The van der Waals surface area contributed by atoms with Gasteiger partial charge >= 0.3 is 0 Å². The van der Waals surface area contributed by atoms with E-state index in [4.69, 9.17) is 10.00 Å². The minimum Gasteiger partial charge on any atom is -0.484 e. The van der Waals surface area contributed by atoms with E-state index in [-0.39, 0.29) is 29.7 Å². The zero-order valence-electron chi connectivity index (χ0n) is 16.8. The Labute approximate surface area is 185 Å². The summed E-state index contributed by atoms with van der Waals surface area (Å²) in [5, 5.41) is 10.6. The molecule has 0 N–H and O–H groups in total. The van der Waals surface area contributed by atoms with Crippen LogP contribution in [0.2, 0.25) is 0 Å². The van der Waals surface area contributed by atoms with Crippen molar-refractivity contribution in [3.63, 3.8) is 0 Å². The third kappa shape index (κ3) is 5.42. The molecule has 0 saturated carbocycles. The number of sulfonamides is 1. The van der Waals surface area contributed by atoms with Gasteiger partial charge in [-0.3, -0.25) is 9.10 Å². The third-order valence-electron chi connectivity index (χ3n) is 4.49. The van der Waals surface area contributed by atoms with Gasteiger partial charge in [0.15, 0.2) is 6.61 Å². The number of hydrogen-bond acceptors (Lipinski definition) is 6. The topological polar surface area (TPSA) is 90.7 Å². The minimum atomic E-state index is -3.61. The van der Waals surface area contributed by atoms with Crippen molar-refractivity contribution in [2.24, 2.45) is 0 Å². The fraction of sp³-hybridized carbons (Fsp3) is 0.182. The second-order valence-corrected chi connectivity index (χ2v) is 9.62. The van der Waals surface area contributed by atoms with Crippen LogP contribution in [-0.4, -0.2) is 34.5 Å². The van der Waals surface area contributed by atoms with Gasteiger partial charge in [-0.05, 0) is 47.8 Å².